The standard InChI is InChI=1S/C22H31F2NO4/c1-20(2,3)26-11-12-27-22(23,24)10-9-16-7-8-17(15-25-16)28-18-13-19(14-18)29-21(4,5)6/h7-8,15,18-19H,11-14H2,1-6H3. The highest BCUT2D eigenvalue weighted by molar-refractivity contribution is 5.32. The molecule has 0 unspecified atom stereocenters. The number of ether oxygens (including phenoxy) is 4. The molecular weight excluding hydrogens is 380 g/mol. The van der Waals surface area contributed by atoms with Crippen LogP contribution in [-0.2, 0) is 14.2 Å². The van der Waals surface area contributed by atoms with Gasteiger partial charge in [-0.2, -0.15) is 8.78 Å². The number of nitrogens with zero attached hydrogens (tertiary/aromatic N) is 1. The molecule has 0 atom stereocenters. The molecule has 1 heterocycles. The zero-order valence-corrected chi connectivity index (χ0v) is 18.1. The molecule has 0 bridgehead atoms. The fourth-order valence-electron chi connectivity index (χ4n) is 2.62. The molecule has 1 aliphatic carbocycles. The summed E-state index contributed by atoms with van der Waals surface area (Å²) in [6.45, 7) is 11.4. The van der Waals surface area contributed by atoms with Crippen LogP contribution in [0.1, 0.15) is 60.1 Å². The van der Waals surface area contributed by atoms with Crippen LogP contribution in [0.25, 0.3) is 0 Å². The van der Waals surface area contributed by atoms with Crippen LogP contribution in [0.4, 0.5) is 8.78 Å². The van der Waals surface area contributed by atoms with Gasteiger partial charge in [0.15, 0.2) is 0 Å². The van der Waals surface area contributed by atoms with E-state index in [1.54, 1.807) is 18.1 Å². The Hall–Kier alpha value is -1.75. The summed E-state index contributed by atoms with van der Waals surface area (Å²) < 4.78 is 48.9. The van der Waals surface area contributed by atoms with E-state index in [0.717, 1.165) is 12.8 Å². The fraction of sp³-hybridized carbons (Fsp3) is 0.682. The van der Waals surface area contributed by atoms with Crippen molar-refractivity contribution in [3.8, 4) is 17.6 Å². The Morgan fingerprint density at radius 2 is 1.62 bits per heavy atom. The van der Waals surface area contributed by atoms with Crippen LogP contribution in [0, 0.1) is 11.8 Å². The van der Waals surface area contributed by atoms with Gasteiger partial charge >= 0.3 is 6.11 Å². The van der Waals surface area contributed by atoms with Gasteiger partial charge in [-0.05, 0) is 59.6 Å². The molecule has 0 amide bonds. The highest BCUT2D eigenvalue weighted by Gasteiger charge is 2.34. The molecule has 0 saturated heterocycles. The first-order chi connectivity index (χ1) is 13.3. The lowest BCUT2D eigenvalue weighted by atomic mass is 9.91. The number of rotatable bonds is 7. The van der Waals surface area contributed by atoms with Gasteiger partial charge in [-0.1, -0.05) is 0 Å². The maximum atomic E-state index is 13.7. The van der Waals surface area contributed by atoms with E-state index in [9.17, 15) is 8.78 Å². The van der Waals surface area contributed by atoms with Crippen molar-refractivity contribution >= 4 is 0 Å². The predicted molar refractivity (Wildman–Crippen MR) is 106 cm³/mol. The molecule has 5 nitrogen and oxygen atoms in total. The Morgan fingerprint density at radius 3 is 2.17 bits per heavy atom. The van der Waals surface area contributed by atoms with E-state index in [-0.39, 0.29) is 36.7 Å². The minimum Gasteiger partial charge on any atom is -0.489 e. The van der Waals surface area contributed by atoms with E-state index in [1.807, 2.05) is 41.5 Å². The van der Waals surface area contributed by atoms with Crippen LogP contribution in [0.2, 0.25) is 0 Å². The van der Waals surface area contributed by atoms with Crippen molar-refractivity contribution in [3.05, 3.63) is 24.0 Å². The number of aromatic nitrogens is 1. The summed E-state index contributed by atoms with van der Waals surface area (Å²) in [5.41, 5.74) is -0.352. The molecule has 0 spiro atoms. The van der Waals surface area contributed by atoms with Crippen LogP contribution < -0.4 is 4.74 Å². The van der Waals surface area contributed by atoms with Crippen LogP contribution in [0.15, 0.2) is 18.3 Å². The van der Waals surface area contributed by atoms with Crippen LogP contribution in [-0.4, -0.2) is 47.7 Å². The number of halogens is 2. The zero-order valence-electron chi connectivity index (χ0n) is 18.1. The molecule has 0 aliphatic heterocycles. The SMILES string of the molecule is CC(C)(C)OCCOC(F)(F)C#Cc1ccc(OC2CC(OC(C)(C)C)C2)cn1. The molecule has 7 heteroatoms. The molecule has 162 valence electrons. The smallest absolute Gasteiger partial charge is 0.423 e. The fourth-order valence-corrected chi connectivity index (χ4v) is 2.62. The van der Waals surface area contributed by atoms with Crippen LogP contribution in [0.5, 0.6) is 5.75 Å². The maximum absolute atomic E-state index is 13.7. The molecule has 0 N–H and O–H groups in total. The van der Waals surface area contributed by atoms with Gasteiger partial charge in [-0.25, -0.2) is 4.98 Å². The third-order valence-electron chi connectivity index (χ3n) is 3.85. The van der Waals surface area contributed by atoms with E-state index >= 15 is 0 Å². The molecular formula is C22H31F2NO4. The van der Waals surface area contributed by atoms with E-state index in [0.29, 0.717) is 5.75 Å². The summed E-state index contributed by atoms with van der Waals surface area (Å²) in [4.78, 5) is 4.06. The minimum absolute atomic E-state index is 0.0634. The van der Waals surface area contributed by atoms with E-state index in [1.165, 1.54) is 6.20 Å². The minimum atomic E-state index is -3.56. The molecule has 1 aliphatic rings. The average molecular weight is 411 g/mol. The second-order valence-electron chi connectivity index (χ2n) is 9.02. The van der Waals surface area contributed by atoms with Crippen molar-refractivity contribution in [2.24, 2.45) is 0 Å². The summed E-state index contributed by atoms with van der Waals surface area (Å²) >= 11 is 0. The second kappa shape index (κ2) is 9.38. The van der Waals surface area contributed by atoms with Crippen molar-refractivity contribution in [2.45, 2.75) is 83.9 Å². The summed E-state index contributed by atoms with van der Waals surface area (Å²) in [6, 6.07) is 3.22. The van der Waals surface area contributed by atoms with Crippen molar-refractivity contribution in [3.63, 3.8) is 0 Å². The summed E-state index contributed by atoms with van der Waals surface area (Å²) in [7, 11) is 0. The van der Waals surface area contributed by atoms with E-state index in [2.05, 4.69) is 15.6 Å². The topological polar surface area (TPSA) is 49.8 Å². The first-order valence-corrected chi connectivity index (χ1v) is 9.81. The Morgan fingerprint density at radius 1 is 0.966 bits per heavy atom. The monoisotopic (exact) mass is 411 g/mol. The quantitative estimate of drug-likeness (QED) is 0.485. The van der Waals surface area contributed by atoms with E-state index in [4.69, 9.17) is 14.2 Å². The lowest BCUT2D eigenvalue weighted by molar-refractivity contribution is -0.203. The first kappa shape index (κ1) is 23.5. The molecule has 2 rings (SSSR count). The lowest BCUT2D eigenvalue weighted by Gasteiger charge is -2.39. The van der Waals surface area contributed by atoms with Gasteiger partial charge in [0.05, 0.1) is 36.7 Å². The molecule has 0 aromatic carbocycles. The summed E-state index contributed by atoms with van der Waals surface area (Å²) in [5, 5.41) is 0. The molecule has 1 fully saturated rings. The van der Waals surface area contributed by atoms with E-state index < -0.39 is 11.7 Å². The summed E-state index contributed by atoms with van der Waals surface area (Å²) in [6.07, 6.45) is -0.157. The Labute approximate surface area is 172 Å². The third-order valence-corrected chi connectivity index (χ3v) is 3.85. The molecule has 1 aromatic heterocycles. The van der Waals surface area contributed by atoms with Crippen LogP contribution in [0.3, 0.4) is 0 Å². The normalized spacial score (nSPS) is 19.9. The predicted octanol–water partition coefficient (Wildman–Crippen LogP) is 4.58. The lowest BCUT2D eigenvalue weighted by Crippen LogP contribution is -2.43. The van der Waals surface area contributed by atoms with Crippen molar-refractivity contribution in [1.82, 2.24) is 4.98 Å². The highest BCUT2D eigenvalue weighted by atomic mass is 19.3. The van der Waals surface area contributed by atoms with Gasteiger partial charge in [0.2, 0.25) is 0 Å². The van der Waals surface area contributed by atoms with Gasteiger partial charge in [0.1, 0.15) is 17.5 Å². The Kier molecular flexibility index (Phi) is 7.61. The van der Waals surface area contributed by atoms with Crippen molar-refractivity contribution < 1.29 is 27.7 Å². The Balaban J connectivity index is 1.76. The van der Waals surface area contributed by atoms with Gasteiger partial charge in [0, 0.05) is 18.8 Å². The van der Waals surface area contributed by atoms with Crippen molar-refractivity contribution in [2.75, 3.05) is 13.2 Å². The largest absolute Gasteiger partial charge is 0.489 e. The number of hydrogen-bond acceptors (Lipinski definition) is 5. The molecule has 1 saturated carbocycles. The highest BCUT2D eigenvalue weighted by Crippen LogP contribution is 2.31. The third kappa shape index (κ3) is 9.53. The number of hydrogen-bond donors (Lipinski definition) is 0. The van der Waals surface area contributed by atoms with Crippen molar-refractivity contribution in [1.29, 1.82) is 0 Å². The van der Waals surface area contributed by atoms with Gasteiger partial charge in [0.25, 0.3) is 0 Å². The second-order valence-corrected chi connectivity index (χ2v) is 9.02. The van der Waals surface area contributed by atoms with Gasteiger partial charge in [-0.15, -0.1) is 0 Å². The Bertz CT molecular complexity index is 706. The van der Waals surface area contributed by atoms with Gasteiger partial charge in [-0.3, -0.25) is 0 Å². The zero-order chi connectivity index (χ0) is 21.7. The van der Waals surface area contributed by atoms with Crippen LogP contribution >= 0.6 is 0 Å². The maximum Gasteiger partial charge on any atom is 0.423 e. The number of alkyl halides is 2. The summed E-state index contributed by atoms with van der Waals surface area (Å²) in [5.74, 6) is 4.71. The molecule has 1 aromatic rings. The average Bonchev–Trinajstić information content (AvgIpc) is 2.54. The van der Waals surface area contributed by atoms with Gasteiger partial charge < -0.3 is 18.9 Å². The first-order valence-electron chi connectivity index (χ1n) is 9.81. The molecule has 29 heavy (non-hydrogen) atoms. The number of pyridine rings is 1. The molecule has 0 radical (unpaired) electrons.